The average Bonchev–Trinajstić information content (AvgIpc) is 3.03. The van der Waals surface area contributed by atoms with Crippen molar-refractivity contribution < 1.29 is 4.42 Å². The van der Waals surface area contributed by atoms with Crippen molar-refractivity contribution in [1.82, 2.24) is 10.3 Å². The number of benzene rings is 1. The van der Waals surface area contributed by atoms with E-state index in [0.29, 0.717) is 6.04 Å². The zero-order valence-corrected chi connectivity index (χ0v) is 13.2. The van der Waals surface area contributed by atoms with E-state index >= 15 is 0 Å². The van der Waals surface area contributed by atoms with E-state index in [1.165, 1.54) is 23.5 Å². The van der Waals surface area contributed by atoms with Crippen molar-refractivity contribution in [2.75, 3.05) is 11.5 Å². The number of oxazole rings is 1. The van der Waals surface area contributed by atoms with E-state index in [-0.39, 0.29) is 5.41 Å². The van der Waals surface area contributed by atoms with Crippen LogP contribution in [-0.4, -0.2) is 22.5 Å². The second kappa shape index (κ2) is 5.41. The maximum atomic E-state index is 5.82. The van der Waals surface area contributed by atoms with Crippen LogP contribution in [0.3, 0.4) is 0 Å². The maximum absolute atomic E-state index is 5.82. The third-order valence-electron chi connectivity index (χ3n) is 3.77. The molecular weight excluding hydrogens is 268 g/mol. The average molecular weight is 290 g/mol. The molecule has 2 aromatic rings. The molecular formula is C16H22N2OS. The maximum Gasteiger partial charge on any atom is 0.209 e. The molecule has 1 atom stereocenters. The topological polar surface area (TPSA) is 38.1 Å². The number of rotatable bonds is 3. The first-order valence-corrected chi connectivity index (χ1v) is 8.39. The lowest BCUT2D eigenvalue weighted by Crippen LogP contribution is -2.28. The lowest BCUT2D eigenvalue weighted by molar-refractivity contribution is 0.463. The summed E-state index contributed by atoms with van der Waals surface area (Å²) in [6, 6.07) is 6.93. The predicted molar refractivity (Wildman–Crippen MR) is 85.3 cm³/mol. The molecule has 1 aromatic heterocycles. The first kappa shape index (κ1) is 14.0. The summed E-state index contributed by atoms with van der Waals surface area (Å²) in [7, 11) is 0. The molecule has 0 unspecified atom stereocenters. The Morgan fingerprint density at radius 3 is 2.95 bits per heavy atom. The van der Waals surface area contributed by atoms with Crippen LogP contribution in [0, 0.1) is 0 Å². The van der Waals surface area contributed by atoms with Crippen molar-refractivity contribution in [3.63, 3.8) is 0 Å². The van der Waals surface area contributed by atoms with Crippen LogP contribution in [0.25, 0.3) is 11.1 Å². The number of aromatic nitrogens is 1. The van der Waals surface area contributed by atoms with Crippen molar-refractivity contribution in [3.05, 3.63) is 29.7 Å². The zero-order valence-electron chi connectivity index (χ0n) is 12.4. The third kappa shape index (κ3) is 3.01. The second-order valence-electron chi connectivity index (χ2n) is 6.48. The Balaban J connectivity index is 1.76. The molecule has 0 amide bonds. The molecule has 1 N–H and O–H groups in total. The first-order chi connectivity index (χ1) is 9.52. The van der Waals surface area contributed by atoms with E-state index in [9.17, 15) is 0 Å². The monoisotopic (exact) mass is 290 g/mol. The Kier molecular flexibility index (Phi) is 3.78. The van der Waals surface area contributed by atoms with Gasteiger partial charge >= 0.3 is 0 Å². The molecule has 3 nitrogen and oxygen atoms in total. The van der Waals surface area contributed by atoms with E-state index in [1.807, 2.05) is 17.8 Å². The van der Waals surface area contributed by atoms with E-state index < -0.39 is 0 Å². The van der Waals surface area contributed by atoms with Gasteiger partial charge in [-0.05, 0) is 35.3 Å². The highest BCUT2D eigenvalue weighted by molar-refractivity contribution is 7.99. The number of nitrogens with one attached hydrogen (secondary N) is 1. The summed E-state index contributed by atoms with van der Waals surface area (Å²) in [6.45, 7) is 7.38. The minimum absolute atomic E-state index is 0.145. The molecule has 20 heavy (non-hydrogen) atoms. The van der Waals surface area contributed by atoms with Gasteiger partial charge in [-0.25, -0.2) is 4.98 Å². The number of hydrogen-bond acceptors (Lipinski definition) is 4. The van der Waals surface area contributed by atoms with E-state index in [1.54, 1.807) is 0 Å². The van der Waals surface area contributed by atoms with Crippen molar-refractivity contribution in [3.8, 4) is 0 Å². The van der Waals surface area contributed by atoms with Crippen LogP contribution < -0.4 is 5.32 Å². The van der Waals surface area contributed by atoms with Crippen molar-refractivity contribution in [1.29, 1.82) is 0 Å². The number of fused-ring (bicyclic) bond motifs is 1. The van der Waals surface area contributed by atoms with Gasteiger partial charge in [-0.2, -0.15) is 11.8 Å². The zero-order chi connectivity index (χ0) is 14.2. The third-order valence-corrected chi connectivity index (χ3v) is 4.93. The van der Waals surface area contributed by atoms with Crippen molar-refractivity contribution >= 4 is 22.9 Å². The lowest BCUT2D eigenvalue weighted by atomic mass is 9.87. The van der Waals surface area contributed by atoms with Crippen LogP contribution in [0.5, 0.6) is 0 Å². The van der Waals surface area contributed by atoms with Gasteiger partial charge in [0.25, 0.3) is 0 Å². The fraction of sp³-hybridized carbons (Fsp3) is 0.562. The molecule has 1 aliphatic heterocycles. The molecule has 0 spiro atoms. The smallest absolute Gasteiger partial charge is 0.209 e. The Hall–Kier alpha value is -1.00. The van der Waals surface area contributed by atoms with Crippen LogP contribution in [-0.2, 0) is 12.0 Å². The molecule has 0 bridgehead atoms. The molecule has 0 aliphatic carbocycles. The number of nitrogens with zero attached hydrogens (tertiary/aromatic N) is 1. The van der Waals surface area contributed by atoms with Crippen LogP contribution in [0.1, 0.15) is 38.6 Å². The van der Waals surface area contributed by atoms with Crippen LogP contribution in [0.4, 0.5) is 0 Å². The quantitative estimate of drug-likeness (QED) is 0.935. The highest BCUT2D eigenvalue weighted by atomic mass is 32.2. The van der Waals surface area contributed by atoms with Gasteiger partial charge in [-0.15, -0.1) is 0 Å². The SMILES string of the molecule is CC(C)(C)c1ccc2oc(CN[C@H]3CCSC3)nc2c1. The van der Waals surface area contributed by atoms with Gasteiger partial charge in [0, 0.05) is 11.8 Å². The molecule has 108 valence electrons. The van der Waals surface area contributed by atoms with Gasteiger partial charge in [0.15, 0.2) is 5.58 Å². The van der Waals surface area contributed by atoms with E-state index in [2.05, 4.69) is 43.2 Å². The van der Waals surface area contributed by atoms with Gasteiger partial charge in [-0.1, -0.05) is 26.8 Å². The highest BCUT2D eigenvalue weighted by Gasteiger charge is 2.17. The van der Waals surface area contributed by atoms with Gasteiger partial charge in [0.1, 0.15) is 5.52 Å². The van der Waals surface area contributed by atoms with Gasteiger partial charge in [-0.3, -0.25) is 0 Å². The molecule has 1 fully saturated rings. The predicted octanol–water partition coefficient (Wildman–Crippen LogP) is 3.72. The summed E-state index contributed by atoms with van der Waals surface area (Å²) in [6.07, 6.45) is 1.25. The van der Waals surface area contributed by atoms with Crippen LogP contribution >= 0.6 is 11.8 Å². The summed E-state index contributed by atoms with van der Waals surface area (Å²) in [5, 5.41) is 3.53. The molecule has 0 saturated carbocycles. The van der Waals surface area contributed by atoms with E-state index in [4.69, 9.17) is 4.42 Å². The number of hydrogen-bond donors (Lipinski definition) is 1. The highest BCUT2D eigenvalue weighted by Crippen LogP contribution is 2.26. The van der Waals surface area contributed by atoms with E-state index in [0.717, 1.165) is 23.5 Å². The second-order valence-corrected chi connectivity index (χ2v) is 7.63. The molecule has 1 aliphatic rings. The Labute approximate surface area is 124 Å². The van der Waals surface area contributed by atoms with Gasteiger partial charge in [0.2, 0.25) is 5.89 Å². The van der Waals surface area contributed by atoms with Crippen LogP contribution in [0.15, 0.2) is 22.6 Å². The summed E-state index contributed by atoms with van der Waals surface area (Å²) in [4.78, 5) is 4.61. The summed E-state index contributed by atoms with van der Waals surface area (Å²) < 4.78 is 5.82. The summed E-state index contributed by atoms with van der Waals surface area (Å²) in [5.41, 5.74) is 3.29. The molecule has 4 heteroatoms. The lowest BCUT2D eigenvalue weighted by Gasteiger charge is -2.18. The Bertz CT molecular complexity index is 594. The van der Waals surface area contributed by atoms with Crippen LogP contribution in [0.2, 0.25) is 0 Å². The van der Waals surface area contributed by atoms with Crippen molar-refractivity contribution in [2.24, 2.45) is 0 Å². The summed E-state index contributed by atoms with van der Waals surface area (Å²) in [5.74, 6) is 3.26. The van der Waals surface area contributed by atoms with Gasteiger partial charge < -0.3 is 9.73 Å². The fourth-order valence-corrected chi connectivity index (χ4v) is 3.63. The minimum atomic E-state index is 0.145. The molecule has 3 rings (SSSR count). The van der Waals surface area contributed by atoms with Crippen molar-refractivity contribution in [2.45, 2.75) is 45.2 Å². The largest absolute Gasteiger partial charge is 0.439 e. The number of thioether (sulfide) groups is 1. The van der Waals surface area contributed by atoms with Gasteiger partial charge in [0.05, 0.1) is 6.54 Å². The fourth-order valence-electron chi connectivity index (χ4n) is 2.44. The molecule has 1 aromatic carbocycles. The first-order valence-electron chi connectivity index (χ1n) is 7.23. The normalized spacial score (nSPS) is 19.9. The standard InChI is InChI=1S/C16H22N2OS/c1-16(2,3)11-4-5-14-13(8-11)18-15(19-14)9-17-12-6-7-20-10-12/h4-5,8,12,17H,6-7,9-10H2,1-3H3/t12-/m0/s1. The molecule has 1 saturated heterocycles. The Morgan fingerprint density at radius 1 is 1.40 bits per heavy atom. The minimum Gasteiger partial charge on any atom is -0.439 e. The molecule has 0 radical (unpaired) electrons. The Morgan fingerprint density at radius 2 is 2.25 bits per heavy atom. The molecule has 2 heterocycles. The summed E-state index contributed by atoms with van der Waals surface area (Å²) >= 11 is 2.01.